The molecule has 1 aromatic heterocycles. The zero-order valence-corrected chi connectivity index (χ0v) is 22.1. The first-order valence-corrected chi connectivity index (χ1v) is 12.7. The number of carbonyl (C=O) groups is 2. The molecule has 200 valence electrons. The van der Waals surface area contributed by atoms with Crippen molar-refractivity contribution in [1.29, 1.82) is 0 Å². The minimum atomic E-state index is -0.762. The third-order valence-corrected chi connectivity index (χ3v) is 7.01. The lowest BCUT2D eigenvalue weighted by molar-refractivity contribution is -0.139. The number of carbonyl (C=O) groups excluding carboxylic acids is 2. The summed E-state index contributed by atoms with van der Waals surface area (Å²) in [7, 11) is 3.19. The number of benzene rings is 3. The monoisotopic (exact) mass is 526 g/mol. The van der Waals surface area contributed by atoms with Crippen molar-refractivity contribution < 1.29 is 28.9 Å². The smallest absolute Gasteiger partial charge is 0.295 e. The molecule has 2 heterocycles. The third kappa shape index (κ3) is 4.93. The molecule has 1 fully saturated rings. The second-order valence-electron chi connectivity index (χ2n) is 9.20. The number of nitrogens with zero attached hydrogens (tertiary/aromatic N) is 1. The first kappa shape index (κ1) is 25.9. The molecule has 1 amide bonds. The fourth-order valence-corrected chi connectivity index (χ4v) is 5.01. The third-order valence-electron chi connectivity index (χ3n) is 7.01. The van der Waals surface area contributed by atoms with Crippen molar-refractivity contribution in [1.82, 2.24) is 9.88 Å². The van der Waals surface area contributed by atoms with Crippen molar-refractivity contribution in [3.05, 3.63) is 95.2 Å². The Morgan fingerprint density at radius 3 is 2.26 bits per heavy atom. The normalized spacial score (nSPS) is 16.6. The van der Waals surface area contributed by atoms with E-state index >= 15 is 0 Å². The second kappa shape index (κ2) is 10.9. The predicted octanol–water partition coefficient (Wildman–Crippen LogP) is 5.25. The van der Waals surface area contributed by atoms with Gasteiger partial charge >= 0.3 is 0 Å². The first-order chi connectivity index (χ1) is 18.9. The maximum atomic E-state index is 13.4. The number of aliphatic hydroxyl groups excluding tert-OH is 1. The van der Waals surface area contributed by atoms with Gasteiger partial charge in [0, 0.05) is 29.2 Å². The molecule has 8 nitrogen and oxygen atoms in total. The molecule has 8 heteroatoms. The molecule has 39 heavy (non-hydrogen) atoms. The summed E-state index contributed by atoms with van der Waals surface area (Å²) in [4.78, 5) is 31.5. The largest absolute Gasteiger partial charge is 0.507 e. The fourth-order valence-electron chi connectivity index (χ4n) is 5.01. The number of ketones is 1. The lowest BCUT2D eigenvalue weighted by atomic mass is 9.95. The van der Waals surface area contributed by atoms with Crippen LogP contribution in [0.2, 0.25) is 0 Å². The summed E-state index contributed by atoms with van der Waals surface area (Å²) < 4.78 is 16.2. The molecule has 4 aromatic rings. The average molecular weight is 527 g/mol. The van der Waals surface area contributed by atoms with Crippen LogP contribution in [0.25, 0.3) is 16.7 Å². The molecule has 1 aliphatic rings. The Labute approximate surface area is 226 Å². The van der Waals surface area contributed by atoms with E-state index in [4.69, 9.17) is 14.2 Å². The van der Waals surface area contributed by atoms with Gasteiger partial charge in [0.05, 0.1) is 32.4 Å². The zero-order chi connectivity index (χ0) is 27.5. The van der Waals surface area contributed by atoms with Crippen LogP contribution in [-0.4, -0.2) is 54.1 Å². The molecular weight excluding hydrogens is 496 g/mol. The van der Waals surface area contributed by atoms with E-state index in [9.17, 15) is 14.7 Å². The summed E-state index contributed by atoms with van der Waals surface area (Å²) in [6.07, 6.45) is 2.40. The summed E-state index contributed by atoms with van der Waals surface area (Å²) in [5.41, 5.74) is 3.12. The number of likely N-dealkylation sites (tertiary alicyclic amines) is 1. The number of aromatic nitrogens is 1. The lowest BCUT2D eigenvalue weighted by Gasteiger charge is -2.25. The highest BCUT2D eigenvalue weighted by atomic mass is 16.5. The Morgan fingerprint density at radius 1 is 0.923 bits per heavy atom. The number of rotatable bonds is 9. The summed E-state index contributed by atoms with van der Waals surface area (Å²) in [5, 5.41) is 12.3. The van der Waals surface area contributed by atoms with Crippen LogP contribution in [0, 0.1) is 0 Å². The van der Waals surface area contributed by atoms with Crippen molar-refractivity contribution in [2.24, 2.45) is 0 Å². The minimum absolute atomic E-state index is 0.0509. The number of fused-ring (bicyclic) bond motifs is 1. The van der Waals surface area contributed by atoms with Crippen LogP contribution in [0.3, 0.4) is 0 Å². The van der Waals surface area contributed by atoms with Gasteiger partial charge in [0.25, 0.3) is 11.7 Å². The highest BCUT2D eigenvalue weighted by Gasteiger charge is 2.45. The van der Waals surface area contributed by atoms with E-state index in [0.717, 1.165) is 22.2 Å². The van der Waals surface area contributed by atoms with E-state index in [-0.39, 0.29) is 17.9 Å². The summed E-state index contributed by atoms with van der Waals surface area (Å²) in [5.74, 6) is 0.434. The lowest BCUT2D eigenvalue weighted by Crippen LogP contribution is -2.31. The number of nitrogens with one attached hydrogen (secondary N) is 1. The van der Waals surface area contributed by atoms with Gasteiger partial charge in [0.15, 0.2) is 0 Å². The van der Waals surface area contributed by atoms with E-state index in [1.165, 1.54) is 4.90 Å². The highest BCUT2D eigenvalue weighted by molar-refractivity contribution is 6.46. The SMILES string of the molecule is CCOc1ccc(C(O)=C2C(=O)C(=O)N(CCc3c[nH]c4ccc(OC)cc34)[C@@H]2c2ccc(OC)cc2)cc1. The van der Waals surface area contributed by atoms with Crippen LogP contribution in [0.5, 0.6) is 17.2 Å². The van der Waals surface area contributed by atoms with Crippen LogP contribution in [0.1, 0.15) is 29.7 Å². The van der Waals surface area contributed by atoms with Gasteiger partial charge in [-0.1, -0.05) is 12.1 Å². The quantitative estimate of drug-likeness (QED) is 0.176. The van der Waals surface area contributed by atoms with Gasteiger partial charge in [-0.05, 0) is 79.1 Å². The maximum Gasteiger partial charge on any atom is 0.295 e. The van der Waals surface area contributed by atoms with Gasteiger partial charge in [-0.25, -0.2) is 0 Å². The first-order valence-electron chi connectivity index (χ1n) is 12.7. The molecule has 3 aromatic carbocycles. The number of aromatic amines is 1. The van der Waals surface area contributed by atoms with Crippen molar-refractivity contribution in [2.75, 3.05) is 27.4 Å². The molecule has 0 spiro atoms. The number of hydrogen-bond donors (Lipinski definition) is 2. The molecule has 2 N–H and O–H groups in total. The van der Waals surface area contributed by atoms with Crippen LogP contribution < -0.4 is 14.2 Å². The Morgan fingerprint density at radius 2 is 1.59 bits per heavy atom. The number of H-pyrrole nitrogens is 1. The summed E-state index contributed by atoms with van der Waals surface area (Å²) in [6.45, 7) is 2.67. The van der Waals surface area contributed by atoms with Gasteiger partial charge in [-0.15, -0.1) is 0 Å². The maximum absolute atomic E-state index is 13.4. The molecule has 0 unspecified atom stereocenters. The molecule has 0 saturated carbocycles. The molecule has 1 atom stereocenters. The standard InChI is InChI=1S/C31H30N2O6/c1-4-39-23-11-7-20(8-12-23)29(34)27-28(19-5-9-22(37-2)10-6-19)33(31(36)30(27)35)16-15-21-18-32-26-14-13-24(38-3)17-25(21)26/h5-14,17-18,28,32,34H,4,15-16H2,1-3H3/t28-/m1/s1. The number of hydrogen-bond acceptors (Lipinski definition) is 6. The Hall–Kier alpha value is -4.72. The van der Waals surface area contributed by atoms with E-state index in [0.29, 0.717) is 35.7 Å². The minimum Gasteiger partial charge on any atom is -0.507 e. The molecule has 1 saturated heterocycles. The molecule has 0 aliphatic carbocycles. The predicted molar refractivity (Wildman–Crippen MR) is 148 cm³/mol. The van der Waals surface area contributed by atoms with E-state index in [1.807, 2.05) is 43.5 Å². The molecule has 5 rings (SSSR count). The van der Waals surface area contributed by atoms with E-state index < -0.39 is 17.7 Å². The van der Waals surface area contributed by atoms with Crippen LogP contribution >= 0.6 is 0 Å². The molecular formula is C31H30N2O6. The second-order valence-corrected chi connectivity index (χ2v) is 9.20. The molecule has 0 bridgehead atoms. The number of Topliss-reactive ketones (excluding diaryl/α,β-unsaturated/α-hetero) is 1. The van der Waals surface area contributed by atoms with Crippen molar-refractivity contribution in [2.45, 2.75) is 19.4 Å². The average Bonchev–Trinajstić information content (AvgIpc) is 3.49. The molecule has 0 radical (unpaired) electrons. The number of aliphatic hydroxyl groups is 1. The van der Waals surface area contributed by atoms with Crippen LogP contribution in [0.15, 0.2) is 78.5 Å². The number of methoxy groups -OCH3 is 2. The fraction of sp³-hybridized carbons (Fsp3) is 0.226. The molecule has 1 aliphatic heterocycles. The van der Waals surface area contributed by atoms with Crippen LogP contribution in [-0.2, 0) is 16.0 Å². The Bertz CT molecular complexity index is 1540. The van der Waals surface area contributed by atoms with Gasteiger partial charge in [-0.3, -0.25) is 9.59 Å². The summed E-state index contributed by atoms with van der Waals surface area (Å²) >= 11 is 0. The highest BCUT2D eigenvalue weighted by Crippen LogP contribution is 2.40. The van der Waals surface area contributed by atoms with Crippen molar-refractivity contribution >= 4 is 28.4 Å². The van der Waals surface area contributed by atoms with Gasteiger partial charge < -0.3 is 29.2 Å². The topological polar surface area (TPSA) is 101 Å². The van der Waals surface area contributed by atoms with E-state index in [2.05, 4.69) is 4.98 Å². The Kier molecular flexibility index (Phi) is 7.27. The van der Waals surface area contributed by atoms with Gasteiger partial charge in [0.2, 0.25) is 0 Å². The van der Waals surface area contributed by atoms with Gasteiger partial charge in [-0.2, -0.15) is 0 Å². The number of amides is 1. The number of ether oxygens (including phenoxy) is 3. The van der Waals surface area contributed by atoms with Crippen LogP contribution in [0.4, 0.5) is 0 Å². The van der Waals surface area contributed by atoms with Crippen molar-refractivity contribution in [3.8, 4) is 17.2 Å². The van der Waals surface area contributed by atoms with Crippen molar-refractivity contribution in [3.63, 3.8) is 0 Å². The van der Waals surface area contributed by atoms with E-state index in [1.54, 1.807) is 50.6 Å². The Balaban J connectivity index is 1.53. The van der Waals surface area contributed by atoms with Gasteiger partial charge in [0.1, 0.15) is 23.0 Å². The summed E-state index contributed by atoms with van der Waals surface area (Å²) in [6, 6.07) is 19.0. The zero-order valence-electron chi connectivity index (χ0n) is 22.1.